The van der Waals surface area contributed by atoms with Crippen LogP contribution in [-0.4, -0.2) is 16.1 Å². The number of halogens is 1. The minimum atomic E-state index is -1.89. The topological polar surface area (TPSA) is 0 Å². The third-order valence-electron chi connectivity index (χ3n) is 9.53. The second kappa shape index (κ2) is 12.4. The summed E-state index contributed by atoms with van der Waals surface area (Å²) in [6.45, 7) is 28.7. The lowest BCUT2D eigenvalue weighted by atomic mass is 9.92. The van der Waals surface area contributed by atoms with Gasteiger partial charge in [-0.1, -0.05) is 141 Å². The lowest BCUT2D eigenvalue weighted by molar-refractivity contribution is 0.838. The smallest absolute Gasteiger partial charge is 0.125 e. The molecule has 3 aromatic carbocycles. The van der Waals surface area contributed by atoms with Crippen molar-refractivity contribution in [3.05, 3.63) is 58.1 Å². The largest absolute Gasteiger partial charge is 0.146 e. The molecule has 3 rings (SSSR count). The Morgan fingerprint density at radius 1 is 0.487 bits per heavy atom. The monoisotopic (exact) mass is 616 g/mol. The minimum absolute atomic E-state index is 0.598. The Labute approximate surface area is 249 Å². The van der Waals surface area contributed by atoms with Crippen molar-refractivity contribution in [3.8, 4) is 22.9 Å². The number of fused-ring (bicyclic) bond motifs is 2. The molecule has 0 aromatic heterocycles. The van der Waals surface area contributed by atoms with Crippen molar-refractivity contribution in [3.63, 3.8) is 0 Å². The van der Waals surface area contributed by atoms with Crippen LogP contribution in [0, 0.1) is 22.9 Å². The lowest BCUT2D eigenvalue weighted by Crippen LogP contribution is -2.43. The van der Waals surface area contributed by atoms with Gasteiger partial charge in [0, 0.05) is 21.0 Å². The molecule has 3 aromatic rings. The van der Waals surface area contributed by atoms with Crippen molar-refractivity contribution in [2.45, 2.75) is 116 Å². The van der Waals surface area contributed by atoms with Crippen LogP contribution in [0.2, 0.25) is 33.2 Å². The first-order valence-electron chi connectivity index (χ1n) is 14.9. The van der Waals surface area contributed by atoms with Gasteiger partial charge in [0.25, 0.3) is 0 Å². The zero-order valence-corrected chi connectivity index (χ0v) is 30.0. The van der Waals surface area contributed by atoms with E-state index in [1.807, 2.05) is 0 Å². The normalized spacial score (nSPS) is 12.7. The predicted octanol–water partition coefficient (Wildman–Crippen LogP) is 11.9. The van der Waals surface area contributed by atoms with Gasteiger partial charge in [-0.25, -0.2) is 0 Å². The molecular weight excluding hydrogens is 568 g/mol. The van der Waals surface area contributed by atoms with Crippen LogP contribution >= 0.6 is 15.9 Å². The first-order valence-corrected chi connectivity index (χ1v) is 20.2. The van der Waals surface area contributed by atoms with Gasteiger partial charge in [0.1, 0.15) is 16.1 Å². The van der Waals surface area contributed by atoms with Gasteiger partial charge in [-0.3, -0.25) is 0 Å². The van der Waals surface area contributed by atoms with Gasteiger partial charge in [0.05, 0.1) is 0 Å². The Bertz CT molecular complexity index is 1410. The fourth-order valence-corrected chi connectivity index (χ4v) is 18.4. The van der Waals surface area contributed by atoms with E-state index in [0.29, 0.717) is 33.2 Å². The first kappa shape index (κ1) is 31.7. The van der Waals surface area contributed by atoms with Crippen LogP contribution in [0.4, 0.5) is 0 Å². The van der Waals surface area contributed by atoms with E-state index in [-0.39, 0.29) is 0 Å². The second-order valence-corrected chi connectivity index (χ2v) is 25.4. The van der Waals surface area contributed by atoms with Crippen molar-refractivity contribution < 1.29 is 0 Å². The Morgan fingerprint density at radius 2 is 0.821 bits per heavy atom. The van der Waals surface area contributed by atoms with Crippen LogP contribution in [0.1, 0.15) is 94.2 Å². The molecule has 3 heteroatoms. The van der Waals surface area contributed by atoms with Crippen LogP contribution in [0.3, 0.4) is 0 Å². The number of benzene rings is 3. The third kappa shape index (κ3) is 5.70. The standard InChI is InChI=1S/C36H49BrSi2/c1-24(2)38(25(3)4,26(5)6)21-19-34-31-15-13-14-16-32(31)35(36-23-30(37)17-18-33(34)36)20-22-39(27(7)8,28(9)10)29(11)12/h13-18,23-29H,1-12H3. The summed E-state index contributed by atoms with van der Waals surface area (Å²) in [4.78, 5) is 0. The summed E-state index contributed by atoms with van der Waals surface area (Å²) < 4.78 is 1.09. The molecule has 0 bridgehead atoms. The van der Waals surface area contributed by atoms with Crippen molar-refractivity contribution >= 4 is 53.6 Å². The minimum Gasteiger partial charge on any atom is -0.125 e. The molecule has 0 fully saturated rings. The zero-order valence-electron chi connectivity index (χ0n) is 26.4. The molecular formula is C36H49BrSi2. The zero-order chi connectivity index (χ0) is 29.3. The number of hydrogen-bond acceptors (Lipinski definition) is 0. The highest BCUT2D eigenvalue weighted by molar-refractivity contribution is 9.10. The summed E-state index contributed by atoms with van der Waals surface area (Å²) in [5, 5.41) is 4.89. The van der Waals surface area contributed by atoms with Gasteiger partial charge in [-0.05, 0) is 61.5 Å². The van der Waals surface area contributed by atoms with E-state index in [1.165, 1.54) is 21.5 Å². The number of rotatable bonds is 6. The SMILES string of the molecule is CC(C)[Si](C#Cc1c2ccccc2c(C#C[Si](C(C)C)(C(C)C)C(C)C)c2cc(Br)ccc12)(C(C)C)C(C)C. The Kier molecular flexibility index (Phi) is 10.1. The van der Waals surface area contributed by atoms with Crippen LogP contribution in [0.15, 0.2) is 46.9 Å². The van der Waals surface area contributed by atoms with Crippen LogP contribution in [0.25, 0.3) is 21.5 Å². The van der Waals surface area contributed by atoms with Gasteiger partial charge >= 0.3 is 0 Å². The van der Waals surface area contributed by atoms with E-state index in [4.69, 9.17) is 0 Å². The van der Waals surface area contributed by atoms with Gasteiger partial charge in [-0.15, -0.1) is 11.1 Å². The molecule has 0 atom stereocenters. The lowest BCUT2D eigenvalue weighted by Gasteiger charge is -2.38. The Hall–Kier alpha value is -1.79. The summed E-state index contributed by atoms with van der Waals surface area (Å²) in [6, 6.07) is 15.5. The molecule has 0 nitrogen and oxygen atoms in total. The van der Waals surface area contributed by atoms with Crippen LogP contribution in [0.5, 0.6) is 0 Å². The summed E-state index contributed by atoms with van der Waals surface area (Å²) in [5.41, 5.74) is 13.9. The van der Waals surface area contributed by atoms with E-state index < -0.39 is 16.1 Å². The van der Waals surface area contributed by atoms with E-state index in [0.717, 1.165) is 15.6 Å². The summed E-state index contributed by atoms with van der Waals surface area (Å²) >= 11 is 3.77. The molecule has 0 amide bonds. The molecule has 0 saturated carbocycles. The maximum atomic E-state index is 4.02. The average molecular weight is 618 g/mol. The van der Waals surface area contributed by atoms with Crippen molar-refractivity contribution in [1.82, 2.24) is 0 Å². The maximum Gasteiger partial charge on any atom is 0.146 e. The summed E-state index contributed by atoms with van der Waals surface area (Å²) in [6.07, 6.45) is 0. The highest BCUT2D eigenvalue weighted by atomic mass is 79.9. The predicted molar refractivity (Wildman–Crippen MR) is 185 cm³/mol. The second-order valence-electron chi connectivity index (χ2n) is 13.3. The third-order valence-corrected chi connectivity index (χ3v) is 22.6. The molecule has 0 aliphatic carbocycles. The van der Waals surface area contributed by atoms with Crippen molar-refractivity contribution in [1.29, 1.82) is 0 Å². The van der Waals surface area contributed by atoms with E-state index >= 15 is 0 Å². The van der Waals surface area contributed by atoms with Gasteiger partial charge < -0.3 is 0 Å². The van der Waals surface area contributed by atoms with E-state index in [9.17, 15) is 0 Å². The molecule has 0 unspecified atom stereocenters. The molecule has 208 valence electrons. The van der Waals surface area contributed by atoms with Crippen molar-refractivity contribution in [2.75, 3.05) is 0 Å². The maximum absolute atomic E-state index is 4.02. The fraction of sp³-hybridized carbons (Fsp3) is 0.500. The first-order chi connectivity index (χ1) is 18.2. The average Bonchev–Trinajstić information content (AvgIpc) is 2.84. The Morgan fingerprint density at radius 3 is 1.18 bits per heavy atom. The van der Waals surface area contributed by atoms with Crippen LogP contribution in [-0.2, 0) is 0 Å². The molecule has 0 saturated heterocycles. The highest BCUT2D eigenvalue weighted by Crippen LogP contribution is 2.43. The molecule has 39 heavy (non-hydrogen) atoms. The molecule has 0 heterocycles. The summed E-state index contributed by atoms with van der Waals surface area (Å²) in [5.74, 6) is 7.69. The molecule has 0 radical (unpaired) electrons. The fourth-order valence-electron chi connectivity index (χ4n) is 7.63. The van der Waals surface area contributed by atoms with Crippen molar-refractivity contribution in [2.24, 2.45) is 0 Å². The molecule has 0 aliphatic heterocycles. The number of hydrogen-bond donors (Lipinski definition) is 0. The van der Waals surface area contributed by atoms with Gasteiger partial charge in [0.15, 0.2) is 0 Å². The van der Waals surface area contributed by atoms with Gasteiger partial charge in [-0.2, -0.15) is 0 Å². The van der Waals surface area contributed by atoms with Gasteiger partial charge in [0.2, 0.25) is 0 Å². The Balaban J connectivity index is 2.49. The molecule has 0 spiro atoms. The van der Waals surface area contributed by atoms with Crippen LogP contribution < -0.4 is 0 Å². The molecule has 0 aliphatic rings. The van der Waals surface area contributed by atoms with E-state index in [1.54, 1.807) is 0 Å². The summed E-state index contributed by atoms with van der Waals surface area (Å²) in [7, 11) is -3.77. The highest BCUT2D eigenvalue weighted by Gasteiger charge is 2.42. The molecule has 0 N–H and O–H groups in total. The quantitative estimate of drug-likeness (QED) is 0.147. The van der Waals surface area contributed by atoms with E-state index in [2.05, 4.69) is 164 Å².